The van der Waals surface area contributed by atoms with Crippen molar-refractivity contribution in [2.24, 2.45) is 0 Å². The summed E-state index contributed by atoms with van der Waals surface area (Å²) in [5.74, 6) is 12.7. The highest BCUT2D eigenvalue weighted by atomic mass is 35.5. The lowest BCUT2D eigenvalue weighted by Crippen LogP contribution is -2.26. The molecular formula is C100H107Cl3F5N35. The van der Waals surface area contributed by atoms with E-state index < -0.39 is 11.6 Å². The molecule has 5 aromatic carbocycles. The van der Waals surface area contributed by atoms with E-state index in [1.165, 1.54) is 112 Å². The van der Waals surface area contributed by atoms with Crippen LogP contribution in [-0.4, -0.2) is 158 Å². The molecule has 10 aliphatic rings. The zero-order valence-corrected chi connectivity index (χ0v) is 81.6. The maximum atomic E-state index is 14.5. The minimum absolute atomic E-state index is 0.00426. The lowest BCUT2D eigenvalue weighted by molar-refractivity contribution is 0.552. The molecule has 0 bridgehead atoms. The molecule has 5 saturated carbocycles. The molecule has 10 aromatic heterocycles. The Labute approximate surface area is 835 Å². The van der Waals surface area contributed by atoms with E-state index in [1.54, 1.807) is 31.2 Å². The van der Waals surface area contributed by atoms with E-state index >= 15 is 0 Å². The normalized spacial score (nSPS) is 19.1. The van der Waals surface area contributed by atoms with Crippen LogP contribution in [0, 0.1) is 63.7 Å². The van der Waals surface area contributed by atoms with Gasteiger partial charge in [0, 0.05) is 159 Å². The van der Waals surface area contributed by atoms with Crippen molar-refractivity contribution in [2.45, 2.75) is 223 Å². The molecule has 738 valence electrons. The Bertz CT molecular complexity index is 6640. The minimum atomic E-state index is -0.581. The Kier molecular flexibility index (Phi) is 27.7. The fourth-order valence-electron chi connectivity index (χ4n) is 19.3. The van der Waals surface area contributed by atoms with Crippen LogP contribution in [0.15, 0.2) is 133 Å². The van der Waals surface area contributed by atoms with Gasteiger partial charge in [-0.05, 0) is 223 Å². The first-order valence-corrected chi connectivity index (χ1v) is 50.1. The first-order chi connectivity index (χ1) is 69.5. The van der Waals surface area contributed by atoms with Crippen molar-refractivity contribution in [3.05, 3.63) is 263 Å². The van der Waals surface area contributed by atoms with E-state index in [9.17, 15) is 22.0 Å². The second-order valence-corrected chi connectivity index (χ2v) is 39.2. The van der Waals surface area contributed by atoms with Crippen molar-refractivity contribution < 1.29 is 22.0 Å². The Hall–Kier alpha value is -14.3. The van der Waals surface area contributed by atoms with E-state index in [2.05, 4.69) is 179 Å². The quantitative estimate of drug-likeness (QED) is 0.0238. The highest BCUT2D eigenvalue weighted by Crippen LogP contribution is 2.48. The van der Waals surface area contributed by atoms with Crippen LogP contribution in [0.5, 0.6) is 0 Å². The number of hydrogen-bond donors (Lipinski definition) is 10. The van der Waals surface area contributed by atoms with Crippen molar-refractivity contribution in [3.63, 3.8) is 0 Å². The minimum Gasteiger partial charge on any atom is -0.334 e. The van der Waals surface area contributed by atoms with Gasteiger partial charge in [0.25, 0.3) is 0 Å². The molecule has 10 fully saturated rings. The molecule has 5 atom stereocenters. The molecule has 0 spiro atoms. The van der Waals surface area contributed by atoms with Gasteiger partial charge in [-0.25, -0.2) is 22.0 Å². The molecule has 15 heterocycles. The smallest absolute Gasteiger partial charge is 0.233 e. The molecule has 5 aliphatic carbocycles. The van der Waals surface area contributed by atoms with E-state index in [4.69, 9.17) is 34.8 Å². The van der Waals surface area contributed by atoms with Crippen molar-refractivity contribution in [1.82, 2.24) is 126 Å². The summed E-state index contributed by atoms with van der Waals surface area (Å²) in [4.78, 5) is 78.1. The molecule has 25 rings (SSSR count). The van der Waals surface area contributed by atoms with Crippen LogP contribution in [0.1, 0.15) is 274 Å². The summed E-state index contributed by atoms with van der Waals surface area (Å²) in [6.45, 7) is 13.1. The third-order valence-corrected chi connectivity index (χ3v) is 27.8. The molecule has 5 aliphatic heterocycles. The molecule has 143 heavy (non-hydrogen) atoms. The summed E-state index contributed by atoms with van der Waals surface area (Å²) < 4.78 is 70.0. The number of anilines is 15. The van der Waals surface area contributed by atoms with Gasteiger partial charge in [0.05, 0.1) is 30.2 Å². The number of rotatable bonds is 25. The fourth-order valence-corrected chi connectivity index (χ4v) is 19.8. The lowest BCUT2D eigenvalue weighted by atomic mass is 10.0. The van der Waals surface area contributed by atoms with Crippen molar-refractivity contribution in [1.29, 1.82) is 0 Å². The number of halogens is 8. The molecular weight excluding hydrogens is 1890 g/mol. The highest BCUT2D eigenvalue weighted by Gasteiger charge is 2.39. The average Bonchev–Trinajstić information content (AvgIpc) is 1.60. The third kappa shape index (κ3) is 23.1. The Morgan fingerprint density at radius 3 is 0.846 bits per heavy atom. The zero-order chi connectivity index (χ0) is 98.0. The van der Waals surface area contributed by atoms with Gasteiger partial charge in [0.1, 0.15) is 58.2 Å². The molecule has 5 saturated heterocycles. The Morgan fingerprint density at radius 2 is 0.538 bits per heavy atom. The van der Waals surface area contributed by atoms with Crippen LogP contribution in [0.25, 0.3) is 0 Å². The molecule has 0 amide bonds. The summed E-state index contributed by atoms with van der Waals surface area (Å²) in [6.07, 6.45) is 21.4. The maximum absolute atomic E-state index is 14.5. The molecule has 15 aromatic rings. The lowest BCUT2D eigenvalue weighted by Gasteiger charge is -2.26. The van der Waals surface area contributed by atoms with E-state index in [0.29, 0.717) is 175 Å². The summed E-state index contributed by atoms with van der Waals surface area (Å²) in [6, 6.07) is 37.9. The number of aromatic amines is 5. The SMILES string of the molecule is Cc1nc(Nc2cc(C3CC3)[nH]n2)nc(N2CCCC2c2ccc(Cl)cc2)n1.Cc1nc(Nc2cc(C3CC3)[nH]n2)nc(N2CCCC2c2ccc(Cl)cc2F)n1.Cc1nc(Nc2cc(C3CC3)[nH]n2)nc(N2CCCC2c2ccc(F)cc2Cl)n1.Cc1nc(Nc2cc(C3CC3)[nH]n2)nc(N2CCCC2c2ccc(F)cc2F)n1.Cc1nc(Nc2cc(C3CC3)[nH]n2)nc(N2CCCC2c2ccccc2F)n1. The standard InChI is InChI=1S/2C20H21ClFN7.C20H22ClN7.C20H21F2N7.C20H22FN7/c1-11-23-19(25-18-10-16(27-28-18)12-4-5-12)26-20(24-11)29-8-2-3-17(29)14-7-6-13(22)9-15(14)21;1-11-23-19(25-18-10-16(27-28-18)12-4-5-12)26-20(24-11)29-8-2-3-17(29)14-7-6-13(21)9-15(14)22;1-12-22-19(24-18-11-16(26-27-18)13-4-5-13)25-20(23-12)28-10-2-3-17(28)14-6-8-15(21)9-7-14;1-11-23-19(25-18-10-16(27-28-18)12-4-5-12)26-20(24-11)29-8-2-3-17(29)14-7-6-13(21)9-15(14)22;1-12-22-19(24-18-11-16(26-27-18)13-8-9-13)25-20(23-12)28-10-4-7-17(28)14-5-2-3-6-15(14)21/h2*6-7,9-10,12,17H,2-5,8H2,1H3,(H2,23,24,25,26,27,28);6-9,11,13,17H,2-5,10H2,1H3,(H2,22,23,24,25,26,27);6-7,9-10,12,17H,2-5,8H2,1H3,(H2,23,24,25,26,27,28);2-3,5-6,11,13,17H,4,7-10H2,1H3,(H2,22,23,24,25,26,27). The van der Waals surface area contributed by atoms with E-state index in [0.717, 1.165) is 136 Å². The van der Waals surface area contributed by atoms with Crippen LogP contribution in [0.2, 0.25) is 15.1 Å². The van der Waals surface area contributed by atoms with Crippen LogP contribution < -0.4 is 51.1 Å². The topological polar surface area (TPSA) is 413 Å². The summed E-state index contributed by atoms with van der Waals surface area (Å²) in [5.41, 5.74) is 9.59. The van der Waals surface area contributed by atoms with Gasteiger partial charge in [-0.3, -0.25) is 25.5 Å². The largest absolute Gasteiger partial charge is 0.334 e. The number of hydrogen-bond acceptors (Lipinski definition) is 30. The monoisotopic (exact) mass is 2000 g/mol. The van der Waals surface area contributed by atoms with Gasteiger partial charge in [0.15, 0.2) is 29.1 Å². The summed E-state index contributed by atoms with van der Waals surface area (Å²) in [5, 5.41) is 54.3. The van der Waals surface area contributed by atoms with Crippen molar-refractivity contribution >= 4 is 123 Å². The van der Waals surface area contributed by atoms with Gasteiger partial charge < -0.3 is 51.1 Å². The number of nitrogens with zero attached hydrogens (tertiary/aromatic N) is 25. The van der Waals surface area contributed by atoms with Crippen LogP contribution in [0.4, 0.5) is 111 Å². The molecule has 5 unspecified atom stereocenters. The van der Waals surface area contributed by atoms with Crippen LogP contribution >= 0.6 is 34.8 Å². The second kappa shape index (κ2) is 41.7. The van der Waals surface area contributed by atoms with Crippen LogP contribution in [0.3, 0.4) is 0 Å². The first-order valence-electron chi connectivity index (χ1n) is 49.0. The van der Waals surface area contributed by atoms with E-state index in [-0.39, 0.29) is 47.7 Å². The highest BCUT2D eigenvalue weighted by molar-refractivity contribution is 6.31. The fraction of sp³-hybridized carbons (Fsp3) is 0.400. The number of aryl methyl sites for hydroxylation is 5. The van der Waals surface area contributed by atoms with Crippen molar-refractivity contribution in [2.75, 3.05) is 83.8 Å². The molecule has 43 heteroatoms. The molecule has 10 N–H and O–H groups in total. The van der Waals surface area contributed by atoms with Gasteiger partial charge >= 0.3 is 0 Å². The van der Waals surface area contributed by atoms with E-state index in [1.807, 2.05) is 92.1 Å². The molecule has 35 nitrogen and oxygen atoms in total. The first kappa shape index (κ1) is 94.9. The third-order valence-electron chi connectivity index (χ3n) is 27.0. The number of H-pyrrole nitrogens is 5. The molecule has 0 radical (unpaired) electrons. The summed E-state index contributed by atoms with van der Waals surface area (Å²) >= 11 is 18.3. The maximum Gasteiger partial charge on any atom is 0.233 e. The van der Waals surface area contributed by atoms with Gasteiger partial charge in [-0.1, -0.05) is 83.3 Å². The summed E-state index contributed by atoms with van der Waals surface area (Å²) in [7, 11) is 0. The van der Waals surface area contributed by atoms with Crippen LogP contribution in [-0.2, 0) is 0 Å². The predicted molar refractivity (Wildman–Crippen MR) is 536 cm³/mol. The number of benzene rings is 5. The van der Waals surface area contributed by atoms with Gasteiger partial charge in [-0.15, -0.1) is 0 Å². The number of aromatic nitrogens is 25. The second-order valence-electron chi connectivity index (χ2n) is 37.9. The average molecular weight is 2000 g/mol. The Balaban J connectivity index is 0.000000106. The number of nitrogens with one attached hydrogen (secondary N) is 10. The Morgan fingerprint density at radius 1 is 0.266 bits per heavy atom. The predicted octanol–water partition coefficient (Wildman–Crippen LogP) is 22.0. The van der Waals surface area contributed by atoms with Gasteiger partial charge in [0.2, 0.25) is 59.5 Å². The zero-order valence-electron chi connectivity index (χ0n) is 79.4. The van der Waals surface area contributed by atoms with Gasteiger partial charge in [-0.2, -0.15) is 100 Å². The van der Waals surface area contributed by atoms with Crippen molar-refractivity contribution in [3.8, 4) is 0 Å².